The van der Waals surface area contributed by atoms with Crippen molar-refractivity contribution in [3.8, 4) is 5.75 Å². The van der Waals surface area contributed by atoms with Gasteiger partial charge in [-0.1, -0.05) is 36.4 Å². The number of pyridine rings is 1. The Labute approximate surface area is 190 Å². The zero-order valence-corrected chi connectivity index (χ0v) is 19.2. The number of hydrogen-bond donors (Lipinski definition) is 0. The molecular weight excluding hydrogens is 400 g/mol. The van der Waals surface area contributed by atoms with E-state index in [1.165, 1.54) is 11.1 Å². The number of fused-ring (bicyclic) bond motifs is 1. The van der Waals surface area contributed by atoms with E-state index in [1.807, 2.05) is 39.1 Å². The molecule has 2 aromatic carbocycles. The number of aryl methyl sites for hydroxylation is 2. The zero-order valence-electron chi connectivity index (χ0n) is 19.2. The molecule has 1 fully saturated rings. The predicted molar refractivity (Wildman–Crippen MR) is 127 cm³/mol. The Kier molecular flexibility index (Phi) is 6.63. The molecule has 1 amide bonds. The molecule has 1 saturated heterocycles. The second kappa shape index (κ2) is 9.60. The molecule has 4 rings (SSSR count). The third-order valence-electron chi connectivity index (χ3n) is 5.66. The van der Waals surface area contributed by atoms with Gasteiger partial charge in [0, 0.05) is 37.5 Å². The standard InChI is InChI=1S/C27H32N2O3/c1-27(2,3)32-26(30)29-16-13-23(14-17-29)31-24-19-21(12-11-20-8-5-4-6-9-20)18-22-10-7-15-28-25(22)24/h4-10,15,18-19,23H,11-14,16-17H2,1-3H3. The number of aromatic nitrogens is 1. The van der Waals surface area contributed by atoms with E-state index in [0.717, 1.165) is 42.3 Å². The number of rotatable bonds is 5. The normalized spacial score (nSPS) is 15.0. The van der Waals surface area contributed by atoms with E-state index >= 15 is 0 Å². The van der Waals surface area contributed by atoms with Gasteiger partial charge < -0.3 is 14.4 Å². The lowest BCUT2D eigenvalue weighted by Gasteiger charge is -2.33. The van der Waals surface area contributed by atoms with Crippen LogP contribution in [0.1, 0.15) is 44.7 Å². The van der Waals surface area contributed by atoms with E-state index in [0.29, 0.717) is 13.1 Å². The van der Waals surface area contributed by atoms with Crippen LogP contribution in [-0.2, 0) is 17.6 Å². The SMILES string of the molecule is CC(C)(C)OC(=O)N1CCC(Oc2cc(CCc3ccccc3)cc3cccnc23)CC1. The smallest absolute Gasteiger partial charge is 0.410 e. The van der Waals surface area contributed by atoms with Crippen LogP contribution in [-0.4, -0.2) is 40.8 Å². The van der Waals surface area contributed by atoms with Gasteiger partial charge in [0.05, 0.1) is 0 Å². The summed E-state index contributed by atoms with van der Waals surface area (Å²) in [4.78, 5) is 18.7. The lowest BCUT2D eigenvalue weighted by molar-refractivity contribution is 0.0127. The zero-order chi connectivity index (χ0) is 22.6. The average Bonchev–Trinajstić information content (AvgIpc) is 2.78. The molecule has 168 valence electrons. The van der Waals surface area contributed by atoms with Crippen molar-refractivity contribution in [1.29, 1.82) is 0 Å². The van der Waals surface area contributed by atoms with Crippen molar-refractivity contribution in [1.82, 2.24) is 9.88 Å². The van der Waals surface area contributed by atoms with Crippen LogP contribution in [0.2, 0.25) is 0 Å². The van der Waals surface area contributed by atoms with E-state index in [1.54, 1.807) is 4.90 Å². The number of carbonyl (C=O) groups is 1. The third-order valence-corrected chi connectivity index (χ3v) is 5.66. The van der Waals surface area contributed by atoms with E-state index in [9.17, 15) is 4.79 Å². The summed E-state index contributed by atoms with van der Waals surface area (Å²) in [6, 6.07) is 18.9. The van der Waals surface area contributed by atoms with E-state index in [-0.39, 0.29) is 12.2 Å². The largest absolute Gasteiger partial charge is 0.488 e. The molecule has 0 bridgehead atoms. The van der Waals surface area contributed by atoms with Crippen molar-refractivity contribution in [3.63, 3.8) is 0 Å². The summed E-state index contributed by atoms with van der Waals surface area (Å²) in [5, 5.41) is 1.10. The summed E-state index contributed by atoms with van der Waals surface area (Å²) in [5.74, 6) is 0.835. The van der Waals surface area contributed by atoms with Gasteiger partial charge in [-0.05, 0) is 62.9 Å². The minimum atomic E-state index is -0.477. The van der Waals surface area contributed by atoms with E-state index in [2.05, 4.69) is 47.4 Å². The molecular formula is C27H32N2O3. The van der Waals surface area contributed by atoms with Crippen LogP contribution in [0.5, 0.6) is 5.75 Å². The Bertz CT molecular complexity index is 1050. The number of carbonyl (C=O) groups excluding carboxylic acids is 1. The van der Waals surface area contributed by atoms with Crippen molar-refractivity contribution in [3.05, 3.63) is 71.9 Å². The number of hydrogen-bond acceptors (Lipinski definition) is 4. The number of amides is 1. The van der Waals surface area contributed by atoms with Gasteiger partial charge in [-0.15, -0.1) is 0 Å². The van der Waals surface area contributed by atoms with Crippen molar-refractivity contribution in [2.45, 2.75) is 58.2 Å². The second-order valence-electron chi connectivity index (χ2n) is 9.44. The van der Waals surface area contributed by atoms with Gasteiger partial charge in [-0.2, -0.15) is 0 Å². The first kappa shape index (κ1) is 22.1. The van der Waals surface area contributed by atoms with Crippen LogP contribution in [0.3, 0.4) is 0 Å². The average molecular weight is 433 g/mol. The first-order chi connectivity index (χ1) is 15.4. The first-order valence-corrected chi connectivity index (χ1v) is 11.4. The quantitative estimate of drug-likeness (QED) is 0.511. The fourth-order valence-electron chi connectivity index (χ4n) is 4.05. The maximum atomic E-state index is 12.3. The molecule has 0 aliphatic carbocycles. The molecule has 32 heavy (non-hydrogen) atoms. The third kappa shape index (κ3) is 5.78. The van der Waals surface area contributed by atoms with Crippen molar-refractivity contribution in [2.75, 3.05) is 13.1 Å². The molecule has 2 heterocycles. The highest BCUT2D eigenvalue weighted by Gasteiger charge is 2.28. The van der Waals surface area contributed by atoms with Crippen molar-refractivity contribution in [2.24, 2.45) is 0 Å². The molecule has 5 nitrogen and oxygen atoms in total. The molecule has 0 unspecified atom stereocenters. The van der Waals surface area contributed by atoms with Gasteiger partial charge in [-0.25, -0.2) is 4.79 Å². The van der Waals surface area contributed by atoms with Gasteiger partial charge >= 0.3 is 6.09 Å². The Morgan fingerprint density at radius 1 is 1.00 bits per heavy atom. The van der Waals surface area contributed by atoms with Gasteiger partial charge in [0.15, 0.2) is 0 Å². The summed E-state index contributed by atoms with van der Waals surface area (Å²) >= 11 is 0. The van der Waals surface area contributed by atoms with Gasteiger partial charge in [-0.3, -0.25) is 4.98 Å². The van der Waals surface area contributed by atoms with Gasteiger partial charge in [0.25, 0.3) is 0 Å². The van der Waals surface area contributed by atoms with Gasteiger partial charge in [0.1, 0.15) is 23.0 Å². The van der Waals surface area contributed by atoms with Crippen LogP contribution >= 0.6 is 0 Å². The Morgan fingerprint density at radius 2 is 1.72 bits per heavy atom. The maximum absolute atomic E-state index is 12.3. The van der Waals surface area contributed by atoms with Crippen LogP contribution in [0.15, 0.2) is 60.8 Å². The van der Waals surface area contributed by atoms with Crippen LogP contribution < -0.4 is 4.74 Å². The molecule has 3 aromatic rings. The van der Waals surface area contributed by atoms with Crippen LogP contribution in [0.25, 0.3) is 10.9 Å². The number of piperidine rings is 1. The number of benzene rings is 2. The predicted octanol–water partition coefficient (Wildman–Crippen LogP) is 5.80. The summed E-state index contributed by atoms with van der Waals surface area (Å²) in [7, 11) is 0. The minimum absolute atomic E-state index is 0.0586. The Morgan fingerprint density at radius 3 is 2.44 bits per heavy atom. The highest BCUT2D eigenvalue weighted by Crippen LogP contribution is 2.29. The highest BCUT2D eigenvalue weighted by molar-refractivity contribution is 5.85. The molecule has 5 heteroatoms. The molecule has 0 spiro atoms. The molecule has 0 N–H and O–H groups in total. The minimum Gasteiger partial charge on any atom is -0.488 e. The van der Waals surface area contributed by atoms with E-state index in [4.69, 9.17) is 9.47 Å². The van der Waals surface area contributed by atoms with E-state index < -0.39 is 5.60 Å². The monoisotopic (exact) mass is 432 g/mol. The summed E-state index contributed by atoms with van der Waals surface area (Å²) in [6.07, 6.45) is 5.12. The number of likely N-dealkylation sites (tertiary alicyclic amines) is 1. The Balaban J connectivity index is 1.44. The molecule has 0 radical (unpaired) electrons. The van der Waals surface area contributed by atoms with Crippen LogP contribution in [0.4, 0.5) is 4.79 Å². The van der Waals surface area contributed by atoms with Crippen molar-refractivity contribution >= 4 is 17.0 Å². The summed E-state index contributed by atoms with van der Waals surface area (Å²) in [6.45, 7) is 6.95. The fourth-order valence-corrected chi connectivity index (χ4v) is 4.05. The fraction of sp³-hybridized carbons (Fsp3) is 0.407. The summed E-state index contributed by atoms with van der Waals surface area (Å²) < 4.78 is 12.0. The molecule has 0 saturated carbocycles. The highest BCUT2D eigenvalue weighted by atomic mass is 16.6. The number of nitrogens with zero attached hydrogens (tertiary/aromatic N) is 2. The number of ether oxygens (including phenoxy) is 2. The first-order valence-electron chi connectivity index (χ1n) is 11.4. The van der Waals surface area contributed by atoms with Crippen LogP contribution in [0, 0.1) is 0 Å². The van der Waals surface area contributed by atoms with Crippen molar-refractivity contribution < 1.29 is 14.3 Å². The maximum Gasteiger partial charge on any atom is 0.410 e. The molecule has 0 atom stereocenters. The summed E-state index contributed by atoms with van der Waals surface area (Å²) in [5.41, 5.74) is 2.99. The molecule has 1 aromatic heterocycles. The topological polar surface area (TPSA) is 51.7 Å². The lowest BCUT2D eigenvalue weighted by Crippen LogP contribution is -2.44. The second-order valence-corrected chi connectivity index (χ2v) is 9.44. The van der Waals surface area contributed by atoms with Gasteiger partial charge in [0.2, 0.25) is 0 Å². The molecule has 1 aliphatic heterocycles. The molecule has 1 aliphatic rings. The Hall–Kier alpha value is -3.08. The lowest BCUT2D eigenvalue weighted by atomic mass is 10.0.